The molecule has 0 fully saturated rings. The van der Waals surface area contributed by atoms with Crippen molar-refractivity contribution in [3.63, 3.8) is 0 Å². The van der Waals surface area contributed by atoms with Crippen LogP contribution in [0.15, 0.2) is 55.5 Å². The lowest BCUT2D eigenvalue weighted by Gasteiger charge is -2.26. The molecule has 26 nitrogen and oxygen atoms in total. The Morgan fingerprint density at radius 2 is 1.07 bits per heavy atom. The standard InChI is InChI=1S/C45H62N14O12S2/c1-22(2)9-33(45(70)71)56-43(68)35(18-72)59-44(69)36(19-73)58-41(66)31(11-26-14-46-20-50-26)53-37(62)16-49-39(64)34(17-60)57-40(65)30(10-25-13-48-29-8-6-5-7-28(25)29)55-42(67)32(12-27-15-47-21-51-27)54-38(63)23(3)52-24(4)61/h5-8,13-15,20-23,30-36,48,60,72-73H,9-12,16-19H2,1-4H3,(H,46,50)(H,47,51)(H,49,64)(H,52,61)(H,53,62)(H,54,63)(H,55,67)(H,56,68)(H,57,65)(H,58,66)(H,59,69)(H,70,71)/t23-,30-,31-,32-,33-,34-,35-,36-/m0/s1. The number of carboxylic acids is 1. The van der Waals surface area contributed by atoms with Crippen LogP contribution in [0, 0.1) is 5.92 Å². The minimum atomic E-state index is -1.69. The Balaban J connectivity index is 1.45. The Labute approximate surface area is 429 Å². The van der Waals surface area contributed by atoms with Crippen LogP contribution in [-0.2, 0) is 67.2 Å². The maximum Gasteiger partial charge on any atom is 0.326 e. The lowest BCUT2D eigenvalue weighted by Crippen LogP contribution is -2.60. The van der Waals surface area contributed by atoms with Gasteiger partial charge in [-0.1, -0.05) is 32.0 Å². The molecule has 0 aliphatic heterocycles. The molecule has 1 aromatic carbocycles. The number of hydrogen-bond acceptors (Lipinski definition) is 15. The molecule has 0 saturated heterocycles. The zero-order valence-electron chi connectivity index (χ0n) is 40.3. The van der Waals surface area contributed by atoms with Gasteiger partial charge in [-0.15, -0.1) is 0 Å². The van der Waals surface area contributed by atoms with Gasteiger partial charge < -0.3 is 73.0 Å². The predicted octanol–water partition coefficient (Wildman–Crippen LogP) is -3.34. The van der Waals surface area contributed by atoms with E-state index in [9.17, 15) is 58.2 Å². The first-order valence-corrected chi connectivity index (χ1v) is 24.2. The summed E-state index contributed by atoms with van der Waals surface area (Å²) in [6.07, 6.45) is 6.79. The number of aromatic nitrogens is 5. The minimum absolute atomic E-state index is 0.0773. The Morgan fingerprint density at radius 3 is 1.56 bits per heavy atom. The number of para-hydroxylation sites is 1. The number of rotatable bonds is 29. The quantitative estimate of drug-likeness (QED) is 0.0237. The van der Waals surface area contributed by atoms with Crippen molar-refractivity contribution in [2.24, 2.45) is 5.92 Å². The summed E-state index contributed by atoms with van der Waals surface area (Å²) in [6, 6.07) is -3.65. The second-order valence-corrected chi connectivity index (χ2v) is 18.0. The van der Waals surface area contributed by atoms with E-state index in [1.54, 1.807) is 44.3 Å². The summed E-state index contributed by atoms with van der Waals surface area (Å²) in [7, 11) is 0. The summed E-state index contributed by atoms with van der Waals surface area (Å²) < 4.78 is 0. The molecule has 3 heterocycles. The number of aliphatic hydroxyl groups is 1. The number of nitrogens with one attached hydrogen (secondary N) is 12. The molecule has 0 aliphatic carbocycles. The maximum absolute atomic E-state index is 14.1. The van der Waals surface area contributed by atoms with Crippen molar-refractivity contribution in [1.29, 1.82) is 0 Å². The molecule has 0 spiro atoms. The molecule has 0 saturated carbocycles. The van der Waals surface area contributed by atoms with Gasteiger partial charge in [0.25, 0.3) is 0 Å². The molecule has 73 heavy (non-hydrogen) atoms. The zero-order valence-corrected chi connectivity index (χ0v) is 42.1. The molecule has 4 rings (SSSR count). The first kappa shape index (κ1) is 58.1. The summed E-state index contributed by atoms with van der Waals surface area (Å²) in [5.41, 5.74) is 2.13. The van der Waals surface area contributed by atoms with Gasteiger partial charge in [0.15, 0.2) is 0 Å². The Hall–Kier alpha value is -7.46. The van der Waals surface area contributed by atoms with Crippen LogP contribution in [0.4, 0.5) is 0 Å². The van der Waals surface area contributed by atoms with Crippen LogP contribution in [0.3, 0.4) is 0 Å². The van der Waals surface area contributed by atoms with Crippen molar-refractivity contribution in [3.8, 4) is 0 Å². The highest BCUT2D eigenvalue weighted by atomic mass is 32.1. The van der Waals surface area contributed by atoms with Crippen molar-refractivity contribution in [1.82, 2.24) is 72.8 Å². The van der Waals surface area contributed by atoms with Crippen LogP contribution >= 0.6 is 25.3 Å². The molecule has 0 radical (unpaired) electrons. The lowest BCUT2D eigenvalue weighted by molar-refractivity contribution is -0.142. The molecule has 0 bridgehead atoms. The van der Waals surface area contributed by atoms with Gasteiger partial charge in [0.1, 0.15) is 48.3 Å². The number of fused-ring (bicyclic) bond motifs is 1. The van der Waals surface area contributed by atoms with Crippen LogP contribution in [0.25, 0.3) is 10.9 Å². The van der Waals surface area contributed by atoms with Gasteiger partial charge in [0, 0.05) is 78.6 Å². The predicted molar refractivity (Wildman–Crippen MR) is 268 cm³/mol. The highest BCUT2D eigenvalue weighted by Crippen LogP contribution is 2.19. The number of aliphatic carboxylic acids is 1. The first-order chi connectivity index (χ1) is 34.7. The third-order valence-corrected chi connectivity index (χ3v) is 11.7. The van der Waals surface area contributed by atoms with E-state index in [1.165, 1.54) is 38.9 Å². The third-order valence-electron chi connectivity index (χ3n) is 11.0. The molecule has 396 valence electrons. The molecule has 14 N–H and O–H groups in total. The number of imidazole rings is 2. The number of aromatic amines is 3. The Kier molecular flexibility index (Phi) is 22.7. The first-order valence-electron chi connectivity index (χ1n) is 22.9. The number of benzene rings is 1. The van der Waals surface area contributed by atoms with Crippen LogP contribution in [-0.4, -0.2) is 167 Å². The Morgan fingerprint density at radius 1 is 0.589 bits per heavy atom. The highest BCUT2D eigenvalue weighted by Gasteiger charge is 2.34. The van der Waals surface area contributed by atoms with Gasteiger partial charge in [0.05, 0.1) is 25.8 Å². The van der Waals surface area contributed by atoms with Crippen molar-refractivity contribution < 1.29 is 58.2 Å². The summed E-state index contributed by atoms with van der Waals surface area (Å²) >= 11 is 8.31. The van der Waals surface area contributed by atoms with Crippen LogP contribution in [0.1, 0.15) is 51.1 Å². The topological polar surface area (TPSA) is 393 Å². The number of aliphatic hydroxyl groups excluding tert-OH is 1. The normalized spacial score (nSPS) is 14.4. The number of carbonyl (C=O) groups excluding carboxylic acids is 9. The molecule has 8 atom stereocenters. The largest absolute Gasteiger partial charge is 0.480 e. The fraction of sp³-hybridized carbons (Fsp3) is 0.467. The monoisotopic (exact) mass is 1050 g/mol. The average molecular weight is 1060 g/mol. The van der Waals surface area contributed by atoms with Gasteiger partial charge >= 0.3 is 5.97 Å². The summed E-state index contributed by atoms with van der Waals surface area (Å²) in [6.45, 7) is 4.43. The van der Waals surface area contributed by atoms with E-state index < -0.39 is 121 Å². The van der Waals surface area contributed by atoms with E-state index in [-0.39, 0.29) is 43.1 Å². The molecule has 3 aromatic heterocycles. The van der Waals surface area contributed by atoms with Gasteiger partial charge in [-0.2, -0.15) is 25.3 Å². The molecule has 0 unspecified atom stereocenters. The van der Waals surface area contributed by atoms with Gasteiger partial charge in [0.2, 0.25) is 53.2 Å². The van der Waals surface area contributed by atoms with E-state index in [0.717, 1.165) is 5.52 Å². The summed E-state index contributed by atoms with van der Waals surface area (Å²) in [5, 5.41) is 42.7. The van der Waals surface area contributed by atoms with Gasteiger partial charge in [-0.25, -0.2) is 14.8 Å². The number of hydrogen-bond donors (Lipinski definition) is 16. The van der Waals surface area contributed by atoms with E-state index in [0.29, 0.717) is 22.3 Å². The van der Waals surface area contributed by atoms with E-state index in [4.69, 9.17) is 0 Å². The SMILES string of the molecule is CC(=O)N[C@@H](C)C(=O)N[C@@H](Cc1cnc[nH]1)C(=O)N[C@@H](Cc1c[nH]c2ccccc12)C(=O)N[C@@H](CO)C(=O)NCC(=O)N[C@@H](Cc1cnc[nH]1)C(=O)N[C@@H](CS)C(=O)N[C@@H](CS)C(=O)N[C@@H](CC(C)C)C(=O)O. The van der Waals surface area contributed by atoms with E-state index >= 15 is 0 Å². The fourth-order valence-electron chi connectivity index (χ4n) is 7.22. The third kappa shape index (κ3) is 18.3. The molecule has 9 amide bonds. The Bertz CT molecular complexity index is 2540. The molecular weight excluding hydrogens is 993 g/mol. The van der Waals surface area contributed by atoms with Crippen LogP contribution < -0.4 is 47.9 Å². The lowest BCUT2D eigenvalue weighted by atomic mass is 10.0. The second-order valence-electron chi connectivity index (χ2n) is 17.3. The average Bonchev–Trinajstić information content (AvgIpc) is 4.16. The van der Waals surface area contributed by atoms with Crippen LogP contribution in [0.2, 0.25) is 0 Å². The van der Waals surface area contributed by atoms with Gasteiger partial charge in [-0.3, -0.25) is 43.2 Å². The minimum Gasteiger partial charge on any atom is -0.480 e. The van der Waals surface area contributed by atoms with Crippen molar-refractivity contribution in [3.05, 3.63) is 72.5 Å². The second kappa shape index (κ2) is 28.5. The number of nitrogens with zero attached hydrogens (tertiary/aromatic N) is 2. The van der Waals surface area contributed by atoms with Crippen molar-refractivity contribution in [2.45, 2.75) is 102 Å². The van der Waals surface area contributed by atoms with Crippen molar-refractivity contribution in [2.75, 3.05) is 24.7 Å². The molecule has 0 aliphatic rings. The number of thiol groups is 2. The number of carbonyl (C=O) groups is 10. The maximum atomic E-state index is 14.1. The number of H-pyrrole nitrogens is 3. The molecular formula is C45H62N14O12S2. The van der Waals surface area contributed by atoms with E-state index in [1.807, 2.05) is 0 Å². The molecule has 28 heteroatoms. The zero-order chi connectivity index (χ0) is 53.8. The van der Waals surface area contributed by atoms with Crippen LogP contribution in [0.5, 0.6) is 0 Å². The van der Waals surface area contributed by atoms with Crippen molar-refractivity contribution >= 4 is 95.3 Å². The number of amides is 9. The fourth-order valence-corrected chi connectivity index (χ4v) is 7.73. The highest BCUT2D eigenvalue weighted by molar-refractivity contribution is 7.80. The van der Waals surface area contributed by atoms with E-state index in [2.05, 4.69) is 98.0 Å². The van der Waals surface area contributed by atoms with Gasteiger partial charge in [-0.05, 0) is 30.9 Å². The smallest absolute Gasteiger partial charge is 0.326 e. The molecule has 4 aromatic rings. The summed E-state index contributed by atoms with van der Waals surface area (Å²) in [5.74, 6) is -9.38. The summed E-state index contributed by atoms with van der Waals surface area (Å²) in [4.78, 5) is 148. The number of carboxylic acid groups (broad SMARTS) is 1.